The van der Waals surface area contributed by atoms with Gasteiger partial charge in [-0.25, -0.2) is 0 Å². The van der Waals surface area contributed by atoms with E-state index in [1.807, 2.05) is 85.7 Å². The summed E-state index contributed by atoms with van der Waals surface area (Å²) >= 11 is 1.46. The van der Waals surface area contributed by atoms with Crippen molar-refractivity contribution in [1.82, 2.24) is 0 Å². The van der Waals surface area contributed by atoms with Gasteiger partial charge < -0.3 is 9.46 Å². The molecule has 0 N–H and O–H groups in total. The molecular weight excluding hydrogens is 345 g/mol. The Morgan fingerprint density at radius 1 is 0.800 bits per heavy atom. The summed E-state index contributed by atoms with van der Waals surface area (Å²) in [4.78, 5) is 3.06. The Kier molecular flexibility index (Phi) is 5.36. The largest absolute Gasteiger partial charge is 0.378 e. The maximum Gasteiger partial charge on any atom is 0.199 e. The monoisotopic (exact) mass is 367 g/mol. The molecule has 4 heteroatoms. The molecule has 0 heterocycles. The van der Waals surface area contributed by atoms with Gasteiger partial charge in [0.2, 0.25) is 0 Å². The lowest BCUT2D eigenvalue weighted by molar-refractivity contribution is 0.595. The molecule has 0 spiro atoms. The van der Waals surface area contributed by atoms with Crippen LogP contribution in [0.3, 0.4) is 0 Å². The Hall–Kier alpha value is -1.96. The minimum Gasteiger partial charge on any atom is -0.378 e. The SMILES string of the molecule is Cc1ccc(SP(=O)(c2ccccc2)c2cccc(N(C)C)c2)cc1. The second kappa shape index (κ2) is 7.51. The van der Waals surface area contributed by atoms with E-state index in [-0.39, 0.29) is 0 Å². The van der Waals surface area contributed by atoms with E-state index in [2.05, 4.69) is 19.1 Å². The van der Waals surface area contributed by atoms with Crippen molar-refractivity contribution in [2.24, 2.45) is 0 Å². The third kappa shape index (κ3) is 4.00. The first kappa shape index (κ1) is 17.8. The molecule has 0 saturated heterocycles. The zero-order valence-electron chi connectivity index (χ0n) is 14.7. The van der Waals surface area contributed by atoms with Gasteiger partial charge in [-0.15, -0.1) is 0 Å². The van der Waals surface area contributed by atoms with Crippen LogP contribution in [0.2, 0.25) is 0 Å². The van der Waals surface area contributed by atoms with E-state index in [9.17, 15) is 4.57 Å². The average molecular weight is 367 g/mol. The van der Waals surface area contributed by atoms with Crippen LogP contribution in [0.15, 0.2) is 83.8 Å². The highest BCUT2D eigenvalue weighted by molar-refractivity contribution is 8.62. The molecule has 0 aliphatic heterocycles. The van der Waals surface area contributed by atoms with E-state index in [0.29, 0.717) is 0 Å². The molecule has 0 amide bonds. The number of benzene rings is 3. The minimum atomic E-state index is -2.84. The molecule has 0 fully saturated rings. The van der Waals surface area contributed by atoms with Crippen molar-refractivity contribution in [2.75, 3.05) is 19.0 Å². The smallest absolute Gasteiger partial charge is 0.199 e. The maximum atomic E-state index is 14.2. The van der Waals surface area contributed by atoms with E-state index in [4.69, 9.17) is 0 Å². The lowest BCUT2D eigenvalue weighted by Crippen LogP contribution is -2.16. The lowest BCUT2D eigenvalue weighted by atomic mass is 10.2. The second-order valence-corrected chi connectivity index (χ2v) is 11.1. The number of aryl methyl sites for hydroxylation is 1. The van der Waals surface area contributed by atoms with Gasteiger partial charge >= 0.3 is 0 Å². The van der Waals surface area contributed by atoms with E-state index in [0.717, 1.165) is 21.2 Å². The van der Waals surface area contributed by atoms with Crippen LogP contribution >= 0.6 is 17.7 Å². The van der Waals surface area contributed by atoms with Crippen molar-refractivity contribution in [2.45, 2.75) is 11.8 Å². The molecular formula is C21H22NOPS. The van der Waals surface area contributed by atoms with Crippen LogP contribution < -0.4 is 15.5 Å². The first-order valence-electron chi connectivity index (χ1n) is 8.19. The number of hydrogen-bond donors (Lipinski definition) is 0. The van der Waals surface area contributed by atoms with E-state index >= 15 is 0 Å². The summed E-state index contributed by atoms with van der Waals surface area (Å²) in [6, 6.07) is 26.0. The summed E-state index contributed by atoms with van der Waals surface area (Å²) < 4.78 is 14.2. The topological polar surface area (TPSA) is 20.3 Å². The predicted octanol–water partition coefficient (Wildman–Crippen LogP) is 5.08. The predicted molar refractivity (Wildman–Crippen MR) is 111 cm³/mol. The van der Waals surface area contributed by atoms with Gasteiger partial charge in [0, 0.05) is 35.3 Å². The molecule has 3 aromatic carbocycles. The van der Waals surface area contributed by atoms with Gasteiger partial charge in [0.15, 0.2) is 6.34 Å². The van der Waals surface area contributed by atoms with E-state index in [1.54, 1.807) is 0 Å². The molecule has 0 aromatic heterocycles. The van der Waals surface area contributed by atoms with Crippen LogP contribution in [0.1, 0.15) is 5.56 Å². The highest BCUT2D eigenvalue weighted by Crippen LogP contribution is 2.59. The summed E-state index contributed by atoms with van der Waals surface area (Å²) in [7, 11) is 4.00. The third-order valence-corrected chi connectivity index (χ3v) is 9.38. The highest BCUT2D eigenvalue weighted by Gasteiger charge is 2.29. The Morgan fingerprint density at radius 2 is 1.44 bits per heavy atom. The van der Waals surface area contributed by atoms with Crippen LogP contribution in [-0.2, 0) is 4.57 Å². The van der Waals surface area contributed by atoms with Crippen LogP contribution in [0.4, 0.5) is 5.69 Å². The van der Waals surface area contributed by atoms with E-state index in [1.165, 1.54) is 16.9 Å². The molecule has 0 radical (unpaired) electrons. The van der Waals surface area contributed by atoms with Gasteiger partial charge in [-0.05, 0) is 31.2 Å². The quantitative estimate of drug-likeness (QED) is 0.587. The average Bonchev–Trinajstić information content (AvgIpc) is 2.64. The minimum absolute atomic E-state index is 0.871. The Balaban J connectivity index is 2.11. The van der Waals surface area contributed by atoms with Crippen molar-refractivity contribution >= 4 is 34.0 Å². The zero-order valence-corrected chi connectivity index (χ0v) is 16.4. The molecule has 25 heavy (non-hydrogen) atoms. The molecule has 0 aliphatic rings. The fourth-order valence-corrected chi connectivity index (χ4v) is 7.39. The normalized spacial score (nSPS) is 13.2. The first-order chi connectivity index (χ1) is 12.0. The second-order valence-electron chi connectivity index (χ2n) is 6.21. The molecule has 0 saturated carbocycles. The van der Waals surface area contributed by atoms with Gasteiger partial charge in [-0.3, -0.25) is 0 Å². The number of anilines is 1. The number of hydrogen-bond acceptors (Lipinski definition) is 3. The Morgan fingerprint density at radius 3 is 2.08 bits per heavy atom. The van der Waals surface area contributed by atoms with Crippen LogP contribution in [0.25, 0.3) is 0 Å². The first-order valence-corrected chi connectivity index (χ1v) is 11.3. The van der Waals surface area contributed by atoms with Crippen molar-refractivity contribution in [3.05, 3.63) is 84.4 Å². The molecule has 0 aliphatic carbocycles. The Labute approximate surface area is 154 Å². The molecule has 3 rings (SSSR count). The molecule has 128 valence electrons. The summed E-state index contributed by atoms with van der Waals surface area (Å²) in [6.45, 7) is 2.06. The summed E-state index contributed by atoms with van der Waals surface area (Å²) in [5.41, 5.74) is 2.26. The molecule has 2 nitrogen and oxygen atoms in total. The molecule has 0 bridgehead atoms. The number of rotatable bonds is 5. The fourth-order valence-electron chi connectivity index (χ4n) is 2.58. The van der Waals surface area contributed by atoms with Crippen molar-refractivity contribution < 1.29 is 4.57 Å². The highest BCUT2D eigenvalue weighted by atomic mass is 32.7. The standard InChI is InChI=1S/C21H22NOPS/c1-17-12-14-21(15-13-17)25-24(23,19-9-5-4-6-10-19)20-11-7-8-18(16-20)22(2)3/h4-16H,1-3H3. The molecule has 1 unspecified atom stereocenters. The van der Waals surface area contributed by atoms with Crippen LogP contribution in [-0.4, -0.2) is 14.1 Å². The molecule has 3 aromatic rings. The fraction of sp³-hybridized carbons (Fsp3) is 0.143. The Bertz CT molecular complexity index is 891. The van der Waals surface area contributed by atoms with Gasteiger partial charge in [0.1, 0.15) is 0 Å². The van der Waals surface area contributed by atoms with Gasteiger partial charge in [-0.1, -0.05) is 71.5 Å². The molecule has 1 atom stereocenters. The number of nitrogens with zero attached hydrogens (tertiary/aromatic N) is 1. The van der Waals surface area contributed by atoms with Crippen LogP contribution in [0.5, 0.6) is 0 Å². The van der Waals surface area contributed by atoms with Gasteiger partial charge in [-0.2, -0.15) is 0 Å². The summed E-state index contributed by atoms with van der Waals surface area (Å²) in [5.74, 6) is 0. The maximum absolute atomic E-state index is 14.2. The van der Waals surface area contributed by atoms with Crippen molar-refractivity contribution in [3.8, 4) is 0 Å². The van der Waals surface area contributed by atoms with Gasteiger partial charge in [0.25, 0.3) is 0 Å². The lowest BCUT2D eigenvalue weighted by Gasteiger charge is -2.21. The van der Waals surface area contributed by atoms with E-state index < -0.39 is 6.34 Å². The zero-order chi connectivity index (χ0) is 17.9. The van der Waals surface area contributed by atoms with Crippen molar-refractivity contribution in [3.63, 3.8) is 0 Å². The summed E-state index contributed by atoms with van der Waals surface area (Å²) in [5, 5.41) is 1.74. The third-order valence-electron chi connectivity index (χ3n) is 4.04. The van der Waals surface area contributed by atoms with Gasteiger partial charge in [0.05, 0.1) is 0 Å². The summed E-state index contributed by atoms with van der Waals surface area (Å²) in [6.07, 6.45) is -2.84. The van der Waals surface area contributed by atoms with Crippen molar-refractivity contribution in [1.29, 1.82) is 0 Å². The van der Waals surface area contributed by atoms with Crippen LogP contribution in [0, 0.1) is 6.92 Å².